The summed E-state index contributed by atoms with van der Waals surface area (Å²) in [5.74, 6) is -0.110. The van der Waals surface area contributed by atoms with Gasteiger partial charge in [-0.3, -0.25) is 0 Å². The Morgan fingerprint density at radius 1 is 1.29 bits per heavy atom. The third kappa shape index (κ3) is 4.04. The van der Waals surface area contributed by atoms with Gasteiger partial charge >= 0.3 is 12.1 Å². The Bertz CT molecular complexity index is 1020. The number of alkyl halides is 3. The van der Waals surface area contributed by atoms with Crippen LogP contribution in [-0.4, -0.2) is 33.4 Å². The van der Waals surface area contributed by atoms with Crippen LogP contribution in [0.4, 0.5) is 13.2 Å². The maximum atomic E-state index is 12.8. The molecule has 0 radical (unpaired) electrons. The Hall–Kier alpha value is -2.81. The summed E-state index contributed by atoms with van der Waals surface area (Å²) in [6.45, 7) is 3.47. The largest absolute Gasteiger partial charge is 0.479 e. The van der Waals surface area contributed by atoms with E-state index >= 15 is 0 Å². The lowest BCUT2D eigenvalue weighted by atomic mass is 10.2. The van der Waals surface area contributed by atoms with Crippen LogP contribution in [0.15, 0.2) is 36.7 Å². The molecule has 0 spiro atoms. The minimum Gasteiger partial charge on any atom is -0.479 e. The van der Waals surface area contributed by atoms with Crippen molar-refractivity contribution in [3.63, 3.8) is 0 Å². The smallest absolute Gasteiger partial charge is 0.417 e. The Morgan fingerprint density at radius 2 is 2.04 bits per heavy atom. The summed E-state index contributed by atoms with van der Waals surface area (Å²) < 4.78 is 50.2. The van der Waals surface area contributed by atoms with Crippen LogP contribution in [0.2, 0.25) is 5.02 Å². The highest BCUT2D eigenvalue weighted by atomic mass is 35.5. The van der Waals surface area contributed by atoms with Gasteiger partial charge in [-0.25, -0.2) is 14.5 Å². The van der Waals surface area contributed by atoms with Gasteiger partial charge in [0.05, 0.1) is 28.9 Å². The number of carbonyl (C=O) groups excluding carboxylic acids is 1. The fourth-order valence-electron chi connectivity index (χ4n) is 2.49. The van der Waals surface area contributed by atoms with E-state index in [0.29, 0.717) is 22.8 Å². The molecule has 2 aromatic heterocycles. The van der Waals surface area contributed by atoms with Gasteiger partial charge in [0.25, 0.3) is 0 Å². The zero-order valence-electron chi connectivity index (χ0n) is 14.8. The molecule has 28 heavy (non-hydrogen) atoms. The molecule has 0 aliphatic heterocycles. The van der Waals surface area contributed by atoms with E-state index in [1.165, 1.54) is 10.9 Å². The number of benzene rings is 1. The number of fused-ring (bicyclic) bond motifs is 1. The van der Waals surface area contributed by atoms with Crippen molar-refractivity contribution in [2.75, 3.05) is 6.61 Å². The molecule has 10 heteroatoms. The quantitative estimate of drug-likeness (QED) is 0.579. The third-order valence-corrected chi connectivity index (χ3v) is 4.10. The zero-order chi connectivity index (χ0) is 20.5. The molecule has 6 nitrogen and oxygen atoms in total. The van der Waals surface area contributed by atoms with Gasteiger partial charge in [-0.05, 0) is 32.0 Å². The van der Waals surface area contributed by atoms with E-state index in [4.69, 9.17) is 21.1 Å². The Kier molecular flexibility index (Phi) is 5.46. The Morgan fingerprint density at radius 3 is 2.68 bits per heavy atom. The van der Waals surface area contributed by atoms with Crippen molar-refractivity contribution >= 4 is 28.5 Å². The summed E-state index contributed by atoms with van der Waals surface area (Å²) >= 11 is 6.01. The summed E-state index contributed by atoms with van der Waals surface area (Å²) in [5, 5.41) is 4.63. The minimum absolute atomic E-state index is 0.0419. The van der Waals surface area contributed by atoms with Crippen LogP contribution in [0.3, 0.4) is 0 Å². The second-order valence-electron chi connectivity index (χ2n) is 5.82. The van der Waals surface area contributed by atoms with Crippen molar-refractivity contribution in [3.05, 3.63) is 47.2 Å². The van der Waals surface area contributed by atoms with Gasteiger partial charge in [0.15, 0.2) is 11.9 Å². The van der Waals surface area contributed by atoms with Crippen LogP contribution < -0.4 is 4.74 Å². The van der Waals surface area contributed by atoms with E-state index in [9.17, 15) is 18.0 Å². The number of aromatic nitrogens is 3. The maximum Gasteiger partial charge on any atom is 0.417 e. The van der Waals surface area contributed by atoms with Gasteiger partial charge in [-0.2, -0.15) is 18.3 Å². The molecule has 0 aliphatic rings. The van der Waals surface area contributed by atoms with Crippen LogP contribution in [0.1, 0.15) is 19.4 Å². The molecule has 1 aromatic carbocycles. The highest BCUT2D eigenvalue weighted by Crippen LogP contribution is 2.33. The summed E-state index contributed by atoms with van der Waals surface area (Å²) in [4.78, 5) is 15.5. The zero-order valence-corrected chi connectivity index (χ0v) is 15.6. The van der Waals surface area contributed by atoms with E-state index in [2.05, 4.69) is 10.1 Å². The first-order chi connectivity index (χ1) is 13.2. The number of halogens is 4. The Balaban J connectivity index is 1.96. The molecule has 0 aliphatic carbocycles. The molecule has 0 saturated carbocycles. The van der Waals surface area contributed by atoms with Gasteiger partial charge in [0.1, 0.15) is 5.75 Å². The van der Waals surface area contributed by atoms with Gasteiger partial charge in [-0.15, -0.1) is 0 Å². The fourth-order valence-corrected chi connectivity index (χ4v) is 2.74. The highest BCUT2D eigenvalue weighted by Gasteiger charge is 2.32. The number of pyridine rings is 1. The monoisotopic (exact) mass is 413 g/mol. The average molecular weight is 414 g/mol. The molecule has 3 rings (SSSR count). The van der Waals surface area contributed by atoms with E-state index < -0.39 is 23.8 Å². The molecule has 1 unspecified atom stereocenters. The number of nitrogens with zero attached hydrogens (tertiary/aromatic N) is 3. The Labute approximate surface area is 162 Å². The molecule has 0 fully saturated rings. The van der Waals surface area contributed by atoms with E-state index in [0.717, 1.165) is 6.07 Å². The van der Waals surface area contributed by atoms with Crippen LogP contribution in [0, 0.1) is 0 Å². The molecule has 0 N–H and O–H groups in total. The number of carbonyl (C=O) groups is 1. The van der Waals surface area contributed by atoms with Crippen molar-refractivity contribution in [1.82, 2.24) is 14.8 Å². The number of hydrogen-bond donors (Lipinski definition) is 0. The molecule has 3 aromatic rings. The number of rotatable bonds is 5. The molecular weight excluding hydrogens is 399 g/mol. The number of esters is 1. The van der Waals surface area contributed by atoms with E-state index in [-0.39, 0.29) is 17.4 Å². The standard InChI is InChI=1S/C18H15ClF3N3O3/c1-3-27-17(26)10(2)28-13-5-4-11-8-24-25(15(11)7-13)16-14(19)6-12(9-23-16)18(20,21)22/h4-10H,3H2,1-2H3. The molecule has 0 saturated heterocycles. The normalized spacial score (nSPS) is 12.8. The lowest BCUT2D eigenvalue weighted by molar-refractivity contribution is -0.150. The molecule has 0 bridgehead atoms. The summed E-state index contributed by atoms with van der Waals surface area (Å²) in [6.07, 6.45) is -3.17. The first kappa shape index (κ1) is 19.9. The van der Waals surface area contributed by atoms with Crippen molar-refractivity contribution in [2.24, 2.45) is 0 Å². The highest BCUT2D eigenvalue weighted by molar-refractivity contribution is 6.32. The summed E-state index contributed by atoms with van der Waals surface area (Å²) in [5.41, 5.74) is -0.451. The van der Waals surface area contributed by atoms with Crippen LogP contribution in [0.25, 0.3) is 16.7 Å². The molecule has 0 amide bonds. The first-order valence-corrected chi connectivity index (χ1v) is 8.62. The van der Waals surface area contributed by atoms with Crippen molar-refractivity contribution in [1.29, 1.82) is 0 Å². The lowest BCUT2D eigenvalue weighted by Gasteiger charge is -2.14. The predicted octanol–water partition coefficient (Wildman–Crippen LogP) is 4.42. The van der Waals surface area contributed by atoms with Crippen molar-refractivity contribution in [2.45, 2.75) is 26.1 Å². The fraction of sp³-hybridized carbons (Fsp3) is 0.278. The first-order valence-electron chi connectivity index (χ1n) is 8.25. The predicted molar refractivity (Wildman–Crippen MR) is 95.6 cm³/mol. The van der Waals surface area contributed by atoms with Crippen molar-refractivity contribution in [3.8, 4) is 11.6 Å². The molecule has 1 atom stereocenters. The molecule has 2 heterocycles. The van der Waals surface area contributed by atoms with Crippen LogP contribution >= 0.6 is 11.6 Å². The van der Waals surface area contributed by atoms with Gasteiger partial charge < -0.3 is 9.47 Å². The second kappa shape index (κ2) is 7.67. The molecule has 148 valence electrons. The van der Waals surface area contributed by atoms with Crippen LogP contribution in [0.5, 0.6) is 5.75 Å². The average Bonchev–Trinajstić information content (AvgIpc) is 3.04. The molecular formula is C18H15ClF3N3O3. The minimum atomic E-state index is -4.55. The number of ether oxygens (including phenoxy) is 2. The topological polar surface area (TPSA) is 66.2 Å². The SMILES string of the molecule is CCOC(=O)C(C)Oc1ccc2cnn(-c3ncc(C(F)(F)F)cc3Cl)c2c1. The second-order valence-corrected chi connectivity index (χ2v) is 6.22. The third-order valence-electron chi connectivity index (χ3n) is 3.82. The van der Waals surface area contributed by atoms with E-state index in [1.807, 2.05) is 0 Å². The maximum absolute atomic E-state index is 12.8. The number of hydrogen-bond acceptors (Lipinski definition) is 5. The van der Waals surface area contributed by atoms with Gasteiger partial charge in [0.2, 0.25) is 0 Å². The van der Waals surface area contributed by atoms with Gasteiger partial charge in [0, 0.05) is 17.6 Å². The van der Waals surface area contributed by atoms with Crippen molar-refractivity contribution < 1.29 is 27.4 Å². The van der Waals surface area contributed by atoms with Gasteiger partial charge in [-0.1, -0.05) is 11.6 Å². The summed E-state index contributed by atoms with van der Waals surface area (Å²) in [7, 11) is 0. The lowest BCUT2D eigenvalue weighted by Crippen LogP contribution is -2.26. The van der Waals surface area contributed by atoms with E-state index in [1.54, 1.807) is 32.0 Å². The van der Waals surface area contributed by atoms with Crippen LogP contribution in [-0.2, 0) is 15.7 Å². The summed E-state index contributed by atoms with van der Waals surface area (Å²) in [6, 6.07) is 5.73.